The van der Waals surface area contributed by atoms with Gasteiger partial charge < -0.3 is 27.9 Å². The number of hydrogen-bond donors (Lipinski definition) is 0. The van der Waals surface area contributed by atoms with E-state index in [1.165, 1.54) is 77.0 Å². The lowest BCUT2D eigenvalue weighted by atomic mass is 10.1. The number of phosphoric ester groups is 1. The molecule has 54 heavy (non-hydrogen) atoms. The highest BCUT2D eigenvalue weighted by Crippen LogP contribution is 2.38. The molecule has 0 amide bonds. The van der Waals surface area contributed by atoms with Crippen molar-refractivity contribution in [3.63, 3.8) is 0 Å². The molecule has 0 radical (unpaired) electrons. The maximum absolute atomic E-state index is 12.6. The Hall–Kier alpha value is -2.03. The van der Waals surface area contributed by atoms with Crippen LogP contribution in [0.4, 0.5) is 0 Å². The summed E-state index contributed by atoms with van der Waals surface area (Å²) in [7, 11) is 1.24. The third kappa shape index (κ3) is 39.7. The Balaban J connectivity index is 4.42. The van der Waals surface area contributed by atoms with Crippen LogP contribution in [0.3, 0.4) is 0 Å². The molecule has 0 rings (SSSR count). The molecule has 0 aromatic heterocycles. The van der Waals surface area contributed by atoms with E-state index >= 15 is 0 Å². The molecule has 2 atom stereocenters. The third-order valence-corrected chi connectivity index (χ3v) is 9.86. The Kier molecular flexibility index (Phi) is 35.2. The quantitative estimate of drug-likeness (QED) is 0.00886. The number of ether oxygens (including phenoxy) is 2. The zero-order chi connectivity index (χ0) is 40.0. The summed E-state index contributed by atoms with van der Waals surface area (Å²) in [6.45, 7) is 4.51. The molecule has 0 N–H and O–H groups in total. The zero-order valence-electron chi connectivity index (χ0n) is 35.2. The number of quaternary nitrogens is 1. The molecular formula is C44H80NO8P. The van der Waals surface area contributed by atoms with Crippen molar-refractivity contribution in [2.75, 3.05) is 47.5 Å². The number of likely N-dealkylation sites (N-methyl/N-ethyl adjacent to an activating group) is 1. The number of ketones is 1. The molecule has 0 heterocycles. The average molecular weight is 782 g/mol. The van der Waals surface area contributed by atoms with E-state index in [9.17, 15) is 19.0 Å². The van der Waals surface area contributed by atoms with E-state index in [-0.39, 0.29) is 32.0 Å². The second-order valence-corrected chi connectivity index (χ2v) is 16.9. The molecule has 0 saturated carbocycles. The van der Waals surface area contributed by atoms with E-state index in [0.29, 0.717) is 23.9 Å². The van der Waals surface area contributed by atoms with Gasteiger partial charge in [-0.2, -0.15) is 0 Å². The van der Waals surface area contributed by atoms with Crippen LogP contribution in [0.2, 0.25) is 0 Å². The fourth-order valence-electron chi connectivity index (χ4n) is 5.49. The number of hydrogen-bond acceptors (Lipinski definition) is 8. The summed E-state index contributed by atoms with van der Waals surface area (Å²) in [4.78, 5) is 37.0. The van der Waals surface area contributed by atoms with Crippen molar-refractivity contribution in [1.82, 2.24) is 0 Å². The van der Waals surface area contributed by atoms with Crippen LogP contribution in [-0.2, 0) is 32.7 Å². The largest absolute Gasteiger partial charge is 0.756 e. The molecule has 314 valence electrons. The summed E-state index contributed by atoms with van der Waals surface area (Å²) in [6, 6.07) is 0. The maximum Gasteiger partial charge on any atom is 0.306 e. The first-order chi connectivity index (χ1) is 26.0. The van der Waals surface area contributed by atoms with Crippen LogP contribution in [0.15, 0.2) is 48.8 Å². The van der Waals surface area contributed by atoms with Gasteiger partial charge >= 0.3 is 5.97 Å². The lowest BCUT2D eigenvalue weighted by Gasteiger charge is -2.28. The van der Waals surface area contributed by atoms with E-state index in [4.69, 9.17) is 18.5 Å². The van der Waals surface area contributed by atoms with Crippen LogP contribution in [0.25, 0.3) is 0 Å². The first-order valence-corrected chi connectivity index (χ1v) is 22.8. The summed E-state index contributed by atoms with van der Waals surface area (Å²) in [5, 5.41) is 0. The molecule has 0 spiro atoms. The lowest BCUT2D eigenvalue weighted by Crippen LogP contribution is -2.37. The number of allylic oxidation sites excluding steroid dienone is 7. The Morgan fingerprint density at radius 1 is 0.630 bits per heavy atom. The predicted octanol–water partition coefficient (Wildman–Crippen LogP) is 11.3. The van der Waals surface area contributed by atoms with Gasteiger partial charge in [-0.15, -0.1) is 0 Å². The minimum Gasteiger partial charge on any atom is -0.756 e. The molecule has 0 bridgehead atoms. The van der Waals surface area contributed by atoms with Crippen molar-refractivity contribution in [3.05, 3.63) is 48.8 Å². The number of carbonyl (C=O) groups excluding carboxylic acids is 2. The number of phosphoric acid groups is 1. The highest BCUT2D eigenvalue weighted by molar-refractivity contribution is 7.45. The fourth-order valence-corrected chi connectivity index (χ4v) is 6.21. The monoisotopic (exact) mass is 782 g/mol. The Bertz CT molecular complexity index is 1070. The molecule has 0 saturated heterocycles. The Morgan fingerprint density at radius 2 is 1.15 bits per heavy atom. The van der Waals surface area contributed by atoms with Gasteiger partial charge in [0.1, 0.15) is 19.8 Å². The molecular weight excluding hydrogens is 701 g/mol. The van der Waals surface area contributed by atoms with Crippen LogP contribution >= 0.6 is 7.82 Å². The van der Waals surface area contributed by atoms with Crippen molar-refractivity contribution in [2.24, 2.45) is 0 Å². The number of esters is 1. The molecule has 0 aliphatic carbocycles. The number of unbranched alkanes of at least 4 members (excludes halogenated alkanes) is 18. The second kappa shape index (κ2) is 36.6. The predicted molar refractivity (Wildman–Crippen MR) is 222 cm³/mol. The van der Waals surface area contributed by atoms with Crippen LogP contribution in [0.1, 0.15) is 168 Å². The van der Waals surface area contributed by atoms with Crippen molar-refractivity contribution in [1.29, 1.82) is 0 Å². The van der Waals surface area contributed by atoms with Gasteiger partial charge in [0.2, 0.25) is 0 Å². The molecule has 9 nitrogen and oxygen atoms in total. The van der Waals surface area contributed by atoms with Crippen LogP contribution in [-0.4, -0.2) is 69.8 Å². The molecule has 0 aliphatic rings. The molecule has 10 heteroatoms. The van der Waals surface area contributed by atoms with Crippen molar-refractivity contribution in [2.45, 2.75) is 174 Å². The molecule has 1 unspecified atom stereocenters. The zero-order valence-corrected chi connectivity index (χ0v) is 36.0. The fraction of sp³-hybridized carbons (Fsp3) is 0.773. The average Bonchev–Trinajstić information content (AvgIpc) is 3.11. The Morgan fingerprint density at radius 3 is 1.78 bits per heavy atom. The molecule has 0 aromatic carbocycles. The van der Waals surface area contributed by atoms with E-state index in [0.717, 1.165) is 57.8 Å². The van der Waals surface area contributed by atoms with Crippen molar-refractivity contribution in [3.8, 4) is 0 Å². The third-order valence-electron chi connectivity index (χ3n) is 8.89. The van der Waals surface area contributed by atoms with Crippen LogP contribution in [0.5, 0.6) is 0 Å². The van der Waals surface area contributed by atoms with Gasteiger partial charge in [0, 0.05) is 12.8 Å². The van der Waals surface area contributed by atoms with E-state index in [2.05, 4.69) is 32.1 Å². The topological polar surface area (TPSA) is 111 Å². The number of carbonyl (C=O) groups is 2. The van der Waals surface area contributed by atoms with E-state index < -0.39 is 19.9 Å². The summed E-state index contributed by atoms with van der Waals surface area (Å²) in [6.07, 6.45) is 40.3. The molecule has 0 fully saturated rings. The van der Waals surface area contributed by atoms with Crippen molar-refractivity contribution < 1.29 is 42.1 Å². The van der Waals surface area contributed by atoms with E-state index in [1.54, 1.807) is 12.3 Å². The van der Waals surface area contributed by atoms with E-state index in [1.807, 2.05) is 39.4 Å². The summed E-state index contributed by atoms with van der Waals surface area (Å²) < 4.78 is 34.2. The minimum absolute atomic E-state index is 0.00861. The smallest absolute Gasteiger partial charge is 0.306 e. The molecule has 0 aliphatic heterocycles. The summed E-state index contributed by atoms with van der Waals surface area (Å²) >= 11 is 0. The maximum atomic E-state index is 12.6. The van der Waals surface area contributed by atoms with Gasteiger partial charge in [0.05, 0.1) is 34.0 Å². The highest BCUT2D eigenvalue weighted by Gasteiger charge is 2.20. The Labute approximate surface area is 331 Å². The summed E-state index contributed by atoms with van der Waals surface area (Å²) in [5.41, 5.74) is 0. The van der Waals surface area contributed by atoms with Gasteiger partial charge in [-0.1, -0.05) is 121 Å². The summed E-state index contributed by atoms with van der Waals surface area (Å²) in [5.74, 6) is -0.292. The lowest BCUT2D eigenvalue weighted by molar-refractivity contribution is -0.870. The van der Waals surface area contributed by atoms with Gasteiger partial charge in [0.25, 0.3) is 7.82 Å². The normalized spacial score (nSPS) is 14.1. The van der Waals surface area contributed by atoms with Gasteiger partial charge in [-0.25, -0.2) is 0 Å². The van der Waals surface area contributed by atoms with Gasteiger partial charge in [-0.05, 0) is 76.4 Å². The second-order valence-electron chi connectivity index (χ2n) is 15.4. The minimum atomic E-state index is -4.57. The molecule has 0 aromatic rings. The number of rotatable bonds is 39. The number of nitrogens with zero attached hydrogens (tertiary/aromatic N) is 1. The van der Waals surface area contributed by atoms with Crippen LogP contribution < -0.4 is 4.89 Å². The van der Waals surface area contributed by atoms with Crippen molar-refractivity contribution >= 4 is 19.6 Å². The SMILES string of the molecule is CCCCC/C=C\C=C\C(=O)CCCCCCCC(=O)O[C@H](CO/C=C/CCCCCC/C=C\CCCCCCCC)COP(=O)([O-])OCC[N+](C)(C)C. The standard InChI is InChI=1S/C44H80NO8P/c1-6-8-10-12-14-15-16-17-18-19-20-21-22-24-29-33-38-50-40-43(41-52-54(48,49)51-39-37-45(3,4)5)53-44(47)36-32-28-25-27-31-35-42(46)34-30-26-23-13-11-9-7-2/h17-18,23,26,30,33-34,38,43H,6-16,19-22,24-25,27-29,31-32,35-37,39-41H2,1-5H3/b18-17-,26-23-,34-30+,38-33+/t43-/m1/s1. The van der Waals surface area contributed by atoms with Gasteiger partial charge in [0.15, 0.2) is 11.9 Å². The first-order valence-electron chi connectivity index (χ1n) is 21.4. The first kappa shape index (κ1) is 52.0. The van der Waals surface area contributed by atoms with Gasteiger partial charge in [-0.3, -0.25) is 14.2 Å². The highest BCUT2D eigenvalue weighted by atomic mass is 31.2. The van der Waals surface area contributed by atoms with Crippen LogP contribution in [0, 0.1) is 0 Å².